The van der Waals surface area contributed by atoms with Gasteiger partial charge in [-0.25, -0.2) is 13.1 Å². The van der Waals surface area contributed by atoms with Crippen LogP contribution in [0.25, 0.3) is 0 Å². The second-order valence-electron chi connectivity index (χ2n) is 7.02. The quantitative estimate of drug-likeness (QED) is 0.723. The minimum atomic E-state index is -3.44. The van der Waals surface area contributed by atoms with Crippen LogP contribution in [0.4, 0.5) is 0 Å². The molecule has 1 aromatic heterocycles. The fourth-order valence-electron chi connectivity index (χ4n) is 1.61. The smallest absolute Gasteiger partial charge is 0.242 e. The first-order chi connectivity index (χ1) is 9.52. The van der Waals surface area contributed by atoms with Gasteiger partial charge < -0.3 is 10.3 Å². The number of hydrogen-bond acceptors (Lipinski definition) is 3. The maximum atomic E-state index is 12.3. The summed E-state index contributed by atoms with van der Waals surface area (Å²) in [5, 5.41) is 3.25. The standard InChI is InChI=1S/C15H29N3O2S/c1-11(2)16-9-13-7-14(10-17-13)21(19,20)18-8-12(3)15(4,5)6/h7,10-12,16-18H,8-9H2,1-6H3. The molecule has 0 amide bonds. The van der Waals surface area contributed by atoms with Crippen molar-refractivity contribution in [2.24, 2.45) is 11.3 Å². The first-order valence-electron chi connectivity index (χ1n) is 7.42. The van der Waals surface area contributed by atoms with Gasteiger partial charge in [0.25, 0.3) is 0 Å². The largest absolute Gasteiger partial charge is 0.363 e. The van der Waals surface area contributed by atoms with Crippen LogP contribution in [0.1, 0.15) is 47.2 Å². The summed E-state index contributed by atoms with van der Waals surface area (Å²) in [6.07, 6.45) is 1.54. The van der Waals surface area contributed by atoms with E-state index in [0.29, 0.717) is 24.0 Å². The third-order valence-electron chi connectivity index (χ3n) is 3.79. The summed E-state index contributed by atoms with van der Waals surface area (Å²) in [4.78, 5) is 3.30. The molecule has 0 aliphatic rings. The highest BCUT2D eigenvalue weighted by atomic mass is 32.2. The van der Waals surface area contributed by atoms with E-state index in [4.69, 9.17) is 0 Å². The van der Waals surface area contributed by atoms with Gasteiger partial charge in [-0.3, -0.25) is 0 Å². The number of sulfonamides is 1. The molecule has 0 aromatic carbocycles. The number of hydrogen-bond donors (Lipinski definition) is 3. The first-order valence-corrected chi connectivity index (χ1v) is 8.91. The van der Waals surface area contributed by atoms with E-state index in [1.54, 1.807) is 12.3 Å². The Morgan fingerprint density at radius 2 is 1.86 bits per heavy atom. The molecule has 1 aromatic rings. The van der Waals surface area contributed by atoms with Crippen LogP contribution in [0.2, 0.25) is 0 Å². The van der Waals surface area contributed by atoms with E-state index in [0.717, 1.165) is 5.69 Å². The van der Waals surface area contributed by atoms with Crippen molar-refractivity contribution in [2.75, 3.05) is 6.54 Å². The lowest BCUT2D eigenvalue weighted by atomic mass is 9.82. The number of aromatic amines is 1. The highest BCUT2D eigenvalue weighted by Crippen LogP contribution is 2.25. The SMILES string of the molecule is CC(C)NCc1cc(S(=O)(=O)NCC(C)C(C)(C)C)c[nH]1. The minimum Gasteiger partial charge on any atom is -0.363 e. The van der Waals surface area contributed by atoms with E-state index in [2.05, 4.69) is 56.6 Å². The van der Waals surface area contributed by atoms with Gasteiger partial charge in [0, 0.05) is 31.0 Å². The van der Waals surface area contributed by atoms with E-state index in [-0.39, 0.29) is 11.3 Å². The van der Waals surface area contributed by atoms with E-state index in [1.165, 1.54) is 0 Å². The zero-order valence-corrected chi connectivity index (χ0v) is 14.8. The van der Waals surface area contributed by atoms with Crippen molar-refractivity contribution in [1.82, 2.24) is 15.0 Å². The molecule has 1 heterocycles. The first kappa shape index (κ1) is 18.2. The van der Waals surface area contributed by atoms with Crippen molar-refractivity contribution >= 4 is 10.0 Å². The van der Waals surface area contributed by atoms with Crippen LogP contribution in [0.3, 0.4) is 0 Å². The molecule has 122 valence electrons. The van der Waals surface area contributed by atoms with E-state index >= 15 is 0 Å². The van der Waals surface area contributed by atoms with Gasteiger partial charge in [0.1, 0.15) is 0 Å². The molecule has 1 atom stereocenters. The predicted molar refractivity (Wildman–Crippen MR) is 86.6 cm³/mol. The zero-order valence-electron chi connectivity index (χ0n) is 13.9. The molecular weight excluding hydrogens is 286 g/mol. The number of rotatable bonds is 7. The predicted octanol–water partition coefficient (Wildman–Crippen LogP) is 2.47. The highest BCUT2D eigenvalue weighted by Gasteiger charge is 2.23. The fourth-order valence-corrected chi connectivity index (χ4v) is 2.76. The lowest BCUT2D eigenvalue weighted by Crippen LogP contribution is -2.33. The Kier molecular flexibility index (Phi) is 6.01. The average Bonchev–Trinajstić information content (AvgIpc) is 2.81. The third kappa shape index (κ3) is 5.80. The summed E-state index contributed by atoms with van der Waals surface area (Å²) in [6, 6.07) is 2.04. The Labute approximate surface area is 129 Å². The van der Waals surface area contributed by atoms with Crippen LogP contribution in [0.5, 0.6) is 0 Å². The van der Waals surface area contributed by atoms with E-state index in [1.807, 2.05) is 0 Å². The van der Waals surface area contributed by atoms with E-state index < -0.39 is 10.0 Å². The normalized spacial score (nSPS) is 14.6. The summed E-state index contributed by atoms with van der Waals surface area (Å²) in [7, 11) is -3.44. The molecule has 1 rings (SSSR count). The van der Waals surface area contributed by atoms with Crippen LogP contribution in [-0.2, 0) is 16.6 Å². The maximum absolute atomic E-state index is 12.3. The Bertz CT molecular complexity index is 542. The molecule has 5 nitrogen and oxygen atoms in total. The Morgan fingerprint density at radius 3 is 2.38 bits per heavy atom. The number of H-pyrrole nitrogens is 1. The van der Waals surface area contributed by atoms with Crippen LogP contribution in [0.15, 0.2) is 17.2 Å². The molecule has 0 aliphatic carbocycles. The second-order valence-corrected chi connectivity index (χ2v) is 8.78. The minimum absolute atomic E-state index is 0.0764. The van der Waals surface area contributed by atoms with Crippen LogP contribution in [-0.4, -0.2) is 26.0 Å². The summed E-state index contributed by atoms with van der Waals surface area (Å²) in [5.41, 5.74) is 0.945. The number of aromatic nitrogens is 1. The monoisotopic (exact) mass is 315 g/mol. The van der Waals surface area contributed by atoms with Crippen molar-refractivity contribution in [1.29, 1.82) is 0 Å². The maximum Gasteiger partial charge on any atom is 0.242 e. The van der Waals surface area contributed by atoms with Crippen LogP contribution >= 0.6 is 0 Å². The molecule has 0 spiro atoms. The third-order valence-corrected chi connectivity index (χ3v) is 5.19. The Hall–Kier alpha value is -0.850. The fraction of sp³-hybridized carbons (Fsp3) is 0.733. The molecule has 0 fully saturated rings. The summed E-state index contributed by atoms with van der Waals surface area (Å²) >= 11 is 0. The van der Waals surface area contributed by atoms with Crippen molar-refractivity contribution in [2.45, 2.75) is 59.0 Å². The molecule has 6 heteroatoms. The highest BCUT2D eigenvalue weighted by molar-refractivity contribution is 7.89. The van der Waals surface area contributed by atoms with Crippen molar-refractivity contribution < 1.29 is 8.42 Å². The molecule has 1 unspecified atom stereocenters. The van der Waals surface area contributed by atoms with Gasteiger partial charge in [-0.2, -0.15) is 0 Å². The summed E-state index contributed by atoms with van der Waals surface area (Å²) in [5.74, 6) is 0.258. The zero-order chi connectivity index (χ0) is 16.3. The average molecular weight is 315 g/mol. The Morgan fingerprint density at radius 1 is 1.24 bits per heavy atom. The van der Waals surface area contributed by atoms with Gasteiger partial charge in [0.2, 0.25) is 10.0 Å². The molecule has 21 heavy (non-hydrogen) atoms. The van der Waals surface area contributed by atoms with E-state index in [9.17, 15) is 8.42 Å². The van der Waals surface area contributed by atoms with Crippen LogP contribution < -0.4 is 10.0 Å². The lowest BCUT2D eigenvalue weighted by molar-refractivity contribution is 0.263. The molecule has 0 saturated carbocycles. The van der Waals surface area contributed by atoms with Crippen molar-refractivity contribution in [3.63, 3.8) is 0 Å². The van der Waals surface area contributed by atoms with Crippen molar-refractivity contribution in [3.8, 4) is 0 Å². The molecule has 0 radical (unpaired) electrons. The van der Waals surface area contributed by atoms with Gasteiger partial charge >= 0.3 is 0 Å². The van der Waals surface area contributed by atoms with Crippen molar-refractivity contribution in [3.05, 3.63) is 18.0 Å². The van der Waals surface area contributed by atoms with Gasteiger partial charge in [-0.15, -0.1) is 0 Å². The molecule has 0 saturated heterocycles. The molecule has 0 bridgehead atoms. The van der Waals surface area contributed by atoms with Gasteiger partial charge in [0.15, 0.2) is 0 Å². The summed E-state index contributed by atoms with van der Waals surface area (Å²) < 4.78 is 27.2. The van der Waals surface area contributed by atoms with Gasteiger partial charge in [-0.05, 0) is 17.4 Å². The molecular formula is C15H29N3O2S. The topological polar surface area (TPSA) is 74.0 Å². The molecule has 3 N–H and O–H groups in total. The number of nitrogens with one attached hydrogen (secondary N) is 3. The summed E-state index contributed by atoms with van der Waals surface area (Å²) in [6.45, 7) is 13.6. The molecule has 0 aliphatic heterocycles. The van der Waals surface area contributed by atoms with Gasteiger partial charge in [-0.1, -0.05) is 41.5 Å². The lowest BCUT2D eigenvalue weighted by Gasteiger charge is -2.27. The Balaban J connectivity index is 2.67. The second kappa shape index (κ2) is 6.94. The van der Waals surface area contributed by atoms with Gasteiger partial charge in [0.05, 0.1) is 4.90 Å². The van der Waals surface area contributed by atoms with Crippen LogP contribution in [0, 0.1) is 11.3 Å².